The molecule has 0 saturated heterocycles. The minimum atomic E-state index is -0.717. The summed E-state index contributed by atoms with van der Waals surface area (Å²) in [5.74, 6) is 0. The van der Waals surface area contributed by atoms with E-state index < -0.39 is 6.10 Å². The van der Waals surface area contributed by atoms with Crippen LogP contribution in [0.4, 0.5) is 0 Å². The van der Waals surface area contributed by atoms with Crippen molar-refractivity contribution in [2.75, 3.05) is 0 Å². The Kier molecular flexibility index (Phi) is 4.99. The summed E-state index contributed by atoms with van der Waals surface area (Å²) >= 11 is 3.48. The van der Waals surface area contributed by atoms with Crippen LogP contribution in [0.1, 0.15) is 50.4 Å². The van der Waals surface area contributed by atoms with Gasteiger partial charge >= 0.3 is 0 Å². The summed E-state index contributed by atoms with van der Waals surface area (Å²) in [7, 11) is 0. The molecular formula is C14H21BrN4O. The highest BCUT2D eigenvalue weighted by atomic mass is 79.9. The van der Waals surface area contributed by atoms with Crippen LogP contribution in [-0.4, -0.2) is 24.7 Å². The second-order valence-electron chi connectivity index (χ2n) is 4.73. The summed E-state index contributed by atoms with van der Waals surface area (Å²) in [5.41, 5.74) is 2.62. The van der Waals surface area contributed by atoms with Gasteiger partial charge in [-0.15, -0.1) is 0 Å². The quantitative estimate of drug-likeness (QED) is 0.879. The van der Waals surface area contributed by atoms with Crippen LogP contribution in [0.3, 0.4) is 0 Å². The van der Waals surface area contributed by atoms with Crippen molar-refractivity contribution >= 4 is 15.9 Å². The number of hydrogen-bond donors (Lipinski definition) is 1. The van der Waals surface area contributed by atoms with Crippen molar-refractivity contribution in [3.8, 4) is 0 Å². The average Bonchev–Trinajstić information content (AvgIpc) is 3.02. The molecule has 5 nitrogen and oxygen atoms in total. The lowest BCUT2D eigenvalue weighted by Gasteiger charge is -2.15. The van der Waals surface area contributed by atoms with Crippen molar-refractivity contribution in [2.24, 2.45) is 0 Å². The highest BCUT2D eigenvalue weighted by Crippen LogP contribution is 2.29. The van der Waals surface area contributed by atoms with Gasteiger partial charge in [-0.25, -0.2) is 0 Å². The number of aryl methyl sites for hydroxylation is 3. The highest BCUT2D eigenvalue weighted by Gasteiger charge is 2.23. The van der Waals surface area contributed by atoms with Gasteiger partial charge in [0.05, 0.1) is 27.8 Å². The van der Waals surface area contributed by atoms with E-state index >= 15 is 0 Å². The van der Waals surface area contributed by atoms with Crippen molar-refractivity contribution in [1.82, 2.24) is 19.6 Å². The zero-order valence-electron chi connectivity index (χ0n) is 12.2. The van der Waals surface area contributed by atoms with Crippen LogP contribution >= 0.6 is 15.9 Å². The Balaban J connectivity index is 2.42. The van der Waals surface area contributed by atoms with Gasteiger partial charge in [0.1, 0.15) is 6.10 Å². The number of aliphatic hydroxyl groups excluding tert-OH is 1. The minimum absolute atomic E-state index is 0.717. The molecule has 2 heterocycles. The molecule has 0 aromatic carbocycles. The molecule has 20 heavy (non-hydrogen) atoms. The van der Waals surface area contributed by atoms with Crippen LogP contribution in [-0.2, 0) is 19.5 Å². The van der Waals surface area contributed by atoms with Gasteiger partial charge in [0.2, 0.25) is 0 Å². The van der Waals surface area contributed by atoms with E-state index in [4.69, 9.17) is 0 Å². The lowest BCUT2D eigenvalue weighted by Crippen LogP contribution is -2.14. The van der Waals surface area contributed by atoms with Crippen molar-refractivity contribution < 1.29 is 5.11 Å². The molecule has 0 spiro atoms. The van der Waals surface area contributed by atoms with Crippen LogP contribution < -0.4 is 0 Å². The maximum Gasteiger partial charge on any atom is 0.138 e. The molecule has 1 unspecified atom stereocenters. The van der Waals surface area contributed by atoms with Crippen molar-refractivity contribution in [3.63, 3.8) is 0 Å². The summed E-state index contributed by atoms with van der Waals surface area (Å²) in [4.78, 5) is 0. The Morgan fingerprint density at radius 3 is 2.65 bits per heavy atom. The molecule has 0 radical (unpaired) electrons. The lowest BCUT2D eigenvalue weighted by molar-refractivity contribution is 0.195. The third-order valence-electron chi connectivity index (χ3n) is 3.33. The molecule has 0 amide bonds. The number of halogens is 1. The Morgan fingerprint density at radius 1 is 1.30 bits per heavy atom. The van der Waals surface area contributed by atoms with Gasteiger partial charge in [0.25, 0.3) is 0 Å². The fraction of sp³-hybridized carbons (Fsp3) is 0.571. The number of hydrogen-bond acceptors (Lipinski definition) is 3. The molecule has 1 atom stereocenters. The average molecular weight is 341 g/mol. The van der Waals surface area contributed by atoms with Gasteiger partial charge < -0.3 is 5.11 Å². The van der Waals surface area contributed by atoms with E-state index in [0.29, 0.717) is 0 Å². The van der Waals surface area contributed by atoms with E-state index in [2.05, 4.69) is 40.0 Å². The normalized spacial score (nSPS) is 12.8. The fourth-order valence-electron chi connectivity index (χ4n) is 2.31. The van der Waals surface area contributed by atoms with Crippen molar-refractivity contribution in [3.05, 3.63) is 33.8 Å². The van der Waals surface area contributed by atoms with Gasteiger partial charge in [-0.05, 0) is 41.8 Å². The van der Waals surface area contributed by atoms with Gasteiger partial charge in [-0.3, -0.25) is 9.36 Å². The Hall–Kier alpha value is -1.14. The molecule has 0 saturated carbocycles. The van der Waals surface area contributed by atoms with Crippen LogP contribution in [0, 0.1) is 0 Å². The van der Waals surface area contributed by atoms with Gasteiger partial charge in [0.15, 0.2) is 0 Å². The van der Waals surface area contributed by atoms with Crippen LogP contribution in [0.25, 0.3) is 0 Å². The van der Waals surface area contributed by atoms with Crippen LogP contribution in [0.15, 0.2) is 16.7 Å². The molecule has 2 aromatic rings. The molecule has 0 bridgehead atoms. The summed E-state index contributed by atoms with van der Waals surface area (Å²) in [5, 5.41) is 19.5. The molecule has 0 aliphatic rings. The predicted molar refractivity (Wildman–Crippen MR) is 81.6 cm³/mol. The fourth-order valence-corrected chi connectivity index (χ4v) is 2.82. The molecule has 1 N–H and O–H groups in total. The number of nitrogens with zero attached hydrogens (tertiary/aromatic N) is 4. The van der Waals surface area contributed by atoms with Gasteiger partial charge in [-0.2, -0.15) is 10.2 Å². The summed E-state index contributed by atoms with van der Waals surface area (Å²) < 4.78 is 4.55. The zero-order chi connectivity index (χ0) is 14.7. The summed E-state index contributed by atoms with van der Waals surface area (Å²) in [6.07, 6.45) is 2.86. The van der Waals surface area contributed by atoms with E-state index in [1.807, 2.05) is 22.4 Å². The SMILES string of the molecule is CCCn1ncc(Br)c1C(O)c1cc(CC)nn1CC. The van der Waals surface area contributed by atoms with E-state index in [1.165, 1.54) is 0 Å². The monoisotopic (exact) mass is 340 g/mol. The highest BCUT2D eigenvalue weighted by molar-refractivity contribution is 9.10. The molecule has 0 aliphatic heterocycles. The maximum atomic E-state index is 10.7. The molecular weight excluding hydrogens is 320 g/mol. The van der Waals surface area contributed by atoms with Crippen LogP contribution in [0.5, 0.6) is 0 Å². The first-order chi connectivity index (χ1) is 9.62. The van der Waals surface area contributed by atoms with E-state index in [-0.39, 0.29) is 0 Å². The second-order valence-corrected chi connectivity index (χ2v) is 5.59. The largest absolute Gasteiger partial charge is 0.380 e. The first-order valence-electron chi connectivity index (χ1n) is 7.08. The predicted octanol–water partition coefficient (Wildman–Crippen LogP) is 2.92. The third kappa shape index (κ3) is 2.81. The number of aromatic nitrogens is 4. The minimum Gasteiger partial charge on any atom is -0.380 e. The lowest BCUT2D eigenvalue weighted by atomic mass is 10.1. The Bertz CT molecular complexity index is 576. The molecule has 0 fully saturated rings. The van der Waals surface area contributed by atoms with Gasteiger partial charge in [-0.1, -0.05) is 13.8 Å². The topological polar surface area (TPSA) is 55.9 Å². The maximum absolute atomic E-state index is 10.7. The smallest absolute Gasteiger partial charge is 0.138 e. The van der Waals surface area contributed by atoms with Crippen molar-refractivity contribution in [2.45, 2.75) is 52.8 Å². The molecule has 6 heteroatoms. The second kappa shape index (κ2) is 6.54. The van der Waals surface area contributed by atoms with E-state index in [1.54, 1.807) is 6.20 Å². The Labute approximate surface area is 127 Å². The third-order valence-corrected chi connectivity index (χ3v) is 3.94. The van der Waals surface area contributed by atoms with E-state index in [9.17, 15) is 5.11 Å². The molecule has 2 rings (SSSR count). The number of rotatable bonds is 6. The van der Waals surface area contributed by atoms with Crippen LogP contribution in [0.2, 0.25) is 0 Å². The first-order valence-corrected chi connectivity index (χ1v) is 7.87. The molecule has 2 aromatic heterocycles. The number of aliphatic hydroxyl groups is 1. The van der Waals surface area contributed by atoms with E-state index in [0.717, 1.165) is 47.5 Å². The molecule has 110 valence electrons. The Morgan fingerprint density at radius 2 is 2.05 bits per heavy atom. The first kappa shape index (κ1) is 15.3. The van der Waals surface area contributed by atoms with Gasteiger partial charge in [0, 0.05) is 13.1 Å². The molecule has 0 aliphatic carbocycles. The zero-order valence-corrected chi connectivity index (χ0v) is 13.8. The van der Waals surface area contributed by atoms with Crippen molar-refractivity contribution in [1.29, 1.82) is 0 Å². The standard InChI is InChI=1S/C14H21BrN4O/c1-4-7-19-13(11(15)9-16-19)14(20)12-8-10(5-2)17-18(12)6-3/h8-9,14,20H,4-7H2,1-3H3. The summed E-state index contributed by atoms with van der Waals surface area (Å²) in [6.45, 7) is 7.72. The summed E-state index contributed by atoms with van der Waals surface area (Å²) in [6, 6.07) is 1.98.